The molecule has 3 rings (SSSR count). The van der Waals surface area contributed by atoms with Gasteiger partial charge in [0.1, 0.15) is 0 Å². The first-order valence-corrected chi connectivity index (χ1v) is 5.48. The first-order valence-electron chi connectivity index (χ1n) is 4.40. The SMILES string of the molecule is C1=Cc2cccc3cccc(c23)P1.[Au+]. The molecule has 0 aromatic heterocycles. The van der Waals surface area contributed by atoms with Crippen LogP contribution in [0.15, 0.2) is 42.2 Å². The molecular formula is C12H9AuP+. The van der Waals surface area contributed by atoms with Crippen LogP contribution in [0.2, 0.25) is 0 Å². The molecule has 0 nitrogen and oxygen atoms in total. The number of hydrogen-bond acceptors (Lipinski definition) is 0. The molecule has 0 saturated carbocycles. The average molecular weight is 381 g/mol. The second kappa shape index (κ2) is 4.00. The fraction of sp³-hybridized carbons (Fsp3) is 0. The van der Waals surface area contributed by atoms with Gasteiger partial charge < -0.3 is 0 Å². The van der Waals surface area contributed by atoms with Crippen LogP contribution in [-0.2, 0) is 22.4 Å². The van der Waals surface area contributed by atoms with Crippen molar-refractivity contribution in [2.75, 3.05) is 0 Å². The Bertz CT molecular complexity index is 497. The van der Waals surface area contributed by atoms with Gasteiger partial charge in [0.25, 0.3) is 0 Å². The molecule has 1 aliphatic rings. The van der Waals surface area contributed by atoms with Crippen LogP contribution in [0.1, 0.15) is 5.56 Å². The monoisotopic (exact) mass is 381 g/mol. The molecule has 1 heterocycles. The third-order valence-electron chi connectivity index (χ3n) is 2.44. The summed E-state index contributed by atoms with van der Waals surface area (Å²) in [5.74, 6) is 2.26. The first-order chi connectivity index (χ1) is 6.45. The van der Waals surface area contributed by atoms with Crippen molar-refractivity contribution in [2.45, 2.75) is 0 Å². The van der Waals surface area contributed by atoms with Gasteiger partial charge >= 0.3 is 22.4 Å². The van der Waals surface area contributed by atoms with E-state index in [-0.39, 0.29) is 22.4 Å². The van der Waals surface area contributed by atoms with Gasteiger partial charge in [-0.15, -0.1) is 0 Å². The third-order valence-corrected chi connectivity index (χ3v) is 3.50. The molecule has 1 unspecified atom stereocenters. The van der Waals surface area contributed by atoms with Crippen molar-refractivity contribution < 1.29 is 22.4 Å². The molecule has 14 heavy (non-hydrogen) atoms. The van der Waals surface area contributed by atoms with E-state index in [1.807, 2.05) is 0 Å². The molecule has 2 aromatic rings. The average Bonchev–Trinajstić information content (AvgIpc) is 2.19. The Balaban J connectivity index is 0.000000750. The molecule has 72 valence electrons. The summed E-state index contributed by atoms with van der Waals surface area (Å²) >= 11 is 0. The van der Waals surface area contributed by atoms with Gasteiger partial charge in [0.05, 0.1) is 0 Å². The van der Waals surface area contributed by atoms with E-state index in [1.165, 1.54) is 21.6 Å². The van der Waals surface area contributed by atoms with Crippen LogP contribution in [0, 0.1) is 0 Å². The van der Waals surface area contributed by atoms with Gasteiger partial charge in [0.15, 0.2) is 0 Å². The zero-order valence-electron chi connectivity index (χ0n) is 7.42. The van der Waals surface area contributed by atoms with Crippen LogP contribution in [0.3, 0.4) is 0 Å². The normalized spacial score (nSPS) is 14.3. The second-order valence-corrected chi connectivity index (χ2v) is 4.39. The maximum atomic E-state index is 2.26. The zero-order valence-corrected chi connectivity index (χ0v) is 10.6. The quantitative estimate of drug-likeness (QED) is 0.486. The fourth-order valence-corrected chi connectivity index (χ4v) is 2.92. The Kier molecular flexibility index (Phi) is 2.90. The summed E-state index contributed by atoms with van der Waals surface area (Å²) in [6, 6.07) is 13.1. The Morgan fingerprint density at radius 2 is 1.71 bits per heavy atom. The van der Waals surface area contributed by atoms with E-state index < -0.39 is 0 Å². The standard InChI is InChI=1S/C12H9P.Au/c1-3-9-5-2-6-11-12(9)10(4-1)7-8-13-11;/h1-8,13H;/q;+1. The van der Waals surface area contributed by atoms with Crippen LogP contribution in [0.25, 0.3) is 16.8 Å². The molecule has 0 amide bonds. The van der Waals surface area contributed by atoms with Gasteiger partial charge in [0, 0.05) is 0 Å². The molecule has 2 aromatic carbocycles. The van der Waals surface area contributed by atoms with Crippen molar-refractivity contribution in [3.8, 4) is 0 Å². The van der Waals surface area contributed by atoms with E-state index in [9.17, 15) is 0 Å². The minimum Gasteiger partial charge on any atom is -0.0662 e. The predicted octanol–water partition coefficient (Wildman–Crippen LogP) is 3.13. The van der Waals surface area contributed by atoms with Crippen molar-refractivity contribution in [3.63, 3.8) is 0 Å². The summed E-state index contributed by atoms with van der Waals surface area (Å²) < 4.78 is 0. The molecule has 0 saturated heterocycles. The molecule has 1 aliphatic heterocycles. The number of hydrogen-bond donors (Lipinski definition) is 0. The zero-order chi connectivity index (χ0) is 8.67. The van der Waals surface area contributed by atoms with Crippen LogP contribution < -0.4 is 5.30 Å². The molecule has 0 bridgehead atoms. The van der Waals surface area contributed by atoms with Crippen molar-refractivity contribution in [1.82, 2.24) is 0 Å². The van der Waals surface area contributed by atoms with Gasteiger partial charge in [-0.05, 0) is 21.6 Å². The number of benzene rings is 2. The first kappa shape index (κ1) is 10.1. The van der Waals surface area contributed by atoms with E-state index in [0.29, 0.717) is 0 Å². The Labute approximate surface area is 101 Å². The topological polar surface area (TPSA) is 0 Å². The Morgan fingerprint density at radius 3 is 2.57 bits per heavy atom. The maximum Gasteiger partial charge on any atom is 1.00 e. The molecule has 0 fully saturated rings. The molecule has 0 spiro atoms. The van der Waals surface area contributed by atoms with Gasteiger partial charge in [-0.3, -0.25) is 0 Å². The van der Waals surface area contributed by atoms with Gasteiger partial charge in [0.2, 0.25) is 0 Å². The van der Waals surface area contributed by atoms with E-state index in [1.54, 1.807) is 0 Å². The second-order valence-electron chi connectivity index (χ2n) is 3.23. The summed E-state index contributed by atoms with van der Waals surface area (Å²) in [4.78, 5) is 0. The van der Waals surface area contributed by atoms with Crippen LogP contribution in [0.5, 0.6) is 0 Å². The minimum atomic E-state index is 0. The molecule has 0 aliphatic carbocycles. The molecule has 0 radical (unpaired) electrons. The fourth-order valence-electron chi connectivity index (χ4n) is 1.85. The van der Waals surface area contributed by atoms with Crippen LogP contribution >= 0.6 is 8.58 Å². The summed E-state index contributed by atoms with van der Waals surface area (Å²) in [7, 11) is 0.837. The molecule has 1 atom stereocenters. The summed E-state index contributed by atoms with van der Waals surface area (Å²) in [6.07, 6.45) is 2.23. The van der Waals surface area contributed by atoms with Crippen molar-refractivity contribution >= 4 is 30.7 Å². The number of rotatable bonds is 0. The van der Waals surface area contributed by atoms with Gasteiger partial charge in [-0.2, -0.15) is 0 Å². The van der Waals surface area contributed by atoms with Crippen LogP contribution in [0.4, 0.5) is 0 Å². The summed E-state index contributed by atoms with van der Waals surface area (Å²) in [6.45, 7) is 0. The summed E-state index contributed by atoms with van der Waals surface area (Å²) in [5, 5.41) is 4.30. The molecule has 0 N–H and O–H groups in total. The summed E-state index contributed by atoms with van der Waals surface area (Å²) in [5.41, 5.74) is 1.37. The Morgan fingerprint density at radius 1 is 0.929 bits per heavy atom. The van der Waals surface area contributed by atoms with Crippen molar-refractivity contribution in [3.05, 3.63) is 47.8 Å². The molecule has 2 heteroatoms. The Hall–Kier alpha value is -0.390. The largest absolute Gasteiger partial charge is 1.00 e. The van der Waals surface area contributed by atoms with Gasteiger partial charge in [-0.25, -0.2) is 0 Å². The molecular weight excluding hydrogens is 372 g/mol. The van der Waals surface area contributed by atoms with E-state index in [4.69, 9.17) is 0 Å². The van der Waals surface area contributed by atoms with Crippen molar-refractivity contribution in [2.24, 2.45) is 0 Å². The smallest absolute Gasteiger partial charge is 0.0662 e. The minimum absolute atomic E-state index is 0. The van der Waals surface area contributed by atoms with Crippen LogP contribution in [-0.4, -0.2) is 0 Å². The predicted molar refractivity (Wildman–Crippen MR) is 60.9 cm³/mol. The van der Waals surface area contributed by atoms with E-state index >= 15 is 0 Å². The van der Waals surface area contributed by atoms with Crippen molar-refractivity contribution in [1.29, 1.82) is 0 Å². The van der Waals surface area contributed by atoms with Gasteiger partial charge in [-0.1, -0.05) is 56.9 Å². The third kappa shape index (κ3) is 1.49. The van der Waals surface area contributed by atoms with E-state index in [0.717, 1.165) is 8.58 Å². The maximum absolute atomic E-state index is 2.26. The van der Waals surface area contributed by atoms with E-state index in [2.05, 4.69) is 48.3 Å².